The van der Waals surface area contributed by atoms with Crippen molar-refractivity contribution in [3.63, 3.8) is 0 Å². The minimum Gasteiger partial charge on any atom is -0.480 e. The molecule has 1 fully saturated rings. The summed E-state index contributed by atoms with van der Waals surface area (Å²) < 4.78 is 0. The minimum atomic E-state index is -0.893. The third-order valence-corrected chi connectivity index (χ3v) is 4.58. The van der Waals surface area contributed by atoms with E-state index in [1.807, 2.05) is 23.3 Å². The van der Waals surface area contributed by atoms with Crippen LogP contribution in [-0.4, -0.2) is 53.0 Å². The van der Waals surface area contributed by atoms with Crippen molar-refractivity contribution in [1.82, 2.24) is 9.80 Å². The van der Waals surface area contributed by atoms with E-state index in [1.54, 1.807) is 16.2 Å². The molecule has 110 valence electrons. The second kappa shape index (κ2) is 6.85. The predicted octanol–water partition coefficient (Wildman–Crippen LogP) is 1.82. The fourth-order valence-corrected chi connectivity index (χ4v) is 3.47. The van der Waals surface area contributed by atoms with Crippen molar-refractivity contribution in [2.24, 2.45) is 0 Å². The van der Waals surface area contributed by atoms with Gasteiger partial charge in [-0.3, -0.25) is 14.5 Å². The largest absolute Gasteiger partial charge is 0.480 e. The van der Waals surface area contributed by atoms with Gasteiger partial charge in [0, 0.05) is 11.4 Å². The molecule has 1 aliphatic heterocycles. The van der Waals surface area contributed by atoms with Crippen LogP contribution in [0, 0.1) is 0 Å². The molecule has 6 heteroatoms. The standard InChI is InChI=1S/C14H20N2O3S/c1-2-15(10-14(18)19)9-13(17)16-7-3-5-11(16)12-6-4-8-20-12/h4,6,8,11H,2-3,5,7,9-10H2,1H3,(H,18,19). The maximum atomic E-state index is 12.4. The maximum absolute atomic E-state index is 12.4. The lowest BCUT2D eigenvalue weighted by Gasteiger charge is -2.27. The normalized spacial score (nSPS) is 18.7. The number of carbonyl (C=O) groups excluding carboxylic acids is 1. The van der Waals surface area contributed by atoms with E-state index in [0.717, 1.165) is 19.4 Å². The summed E-state index contributed by atoms with van der Waals surface area (Å²) in [7, 11) is 0. The number of aliphatic carboxylic acids is 1. The number of carbonyl (C=O) groups is 2. The van der Waals surface area contributed by atoms with Crippen molar-refractivity contribution >= 4 is 23.2 Å². The Bertz CT molecular complexity index is 461. The summed E-state index contributed by atoms with van der Waals surface area (Å²) in [5.74, 6) is -0.861. The fourth-order valence-electron chi connectivity index (χ4n) is 2.59. The molecule has 1 N–H and O–H groups in total. The third-order valence-electron chi connectivity index (χ3n) is 3.61. The molecule has 0 bridgehead atoms. The van der Waals surface area contributed by atoms with Crippen LogP contribution in [0.15, 0.2) is 17.5 Å². The molecule has 20 heavy (non-hydrogen) atoms. The predicted molar refractivity (Wildman–Crippen MR) is 77.8 cm³/mol. The van der Waals surface area contributed by atoms with Crippen LogP contribution in [0.4, 0.5) is 0 Å². The van der Waals surface area contributed by atoms with E-state index in [2.05, 4.69) is 6.07 Å². The number of likely N-dealkylation sites (tertiary alicyclic amines) is 1. The van der Waals surface area contributed by atoms with Gasteiger partial charge < -0.3 is 10.0 Å². The molecule has 0 aliphatic carbocycles. The van der Waals surface area contributed by atoms with Crippen LogP contribution in [-0.2, 0) is 9.59 Å². The Morgan fingerprint density at radius 1 is 1.50 bits per heavy atom. The average Bonchev–Trinajstić information content (AvgIpc) is 3.07. The molecule has 0 aromatic carbocycles. The minimum absolute atomic E-state index is 0.0315. The Balaban J connectivity index is 1.99. The molecule has 5 nitrogen and oxygen atoms in total. The molecule has 1 unspecified atom stereocenters. The van der Waals surface area contributed by atoms with Gasteiger partial charge in [-0.15, -0.1) is 11.3 Å². The van der Waals surface area contributed by atoms with Gasteiger partial charge in [0.25, 0.3) is 0 Å². The number of hydrogen-bond acceptors (Lipinski definition) is 4. The molecule has 1 aromatic rings. The van der Waals surface area contributed by atoms with Crippen LogP contribution >= 0.6 is 11.3 Å². The number of hydrogen-bond donors (Lipinski definition) is 1. The first kappa shape index (κ1) is 15.0. The lowest BCUT2D eigenvalue weighted by molar-refractivity contribution is -0.139. The van der Waals surface area contributed by atoms with Gasteiger partial charge in [0.1, 0.15) is 0 Å². The van der Waals surface area contributed by atoms with Gasteiger partial charge in [0.05, 0.1) is 19.1 Å². The highest BCUT2D eigenvalue weighted by atomic mass is 32.1. The summed E-state index contributed by atoms with van der Waals surface area (Å²) in [6, 6.07) is 4.24. The van der Waals surface area contributed by atoms with Crippen molar-refractivity contribution in [2.75, 3.05) is 26.2 Å². The van der Waals surface area contributed by atoms with Crippen molar-refractivity contribution < 1.29 is 14.7 Å². The number of rotatable bonds is 6. The van der Waals surface area contributed by atoms with Crippen molar-refractivity contribution in [1.29, 1.82) is 0 Å². The lowest BCUT2D eigenvalue weighted by Crippen LogP contribution is -2.41. The van der Waals surface area contributed by atoms with E-state index in [4.69, 9.17) is 5.11 Å². The van der Waals surface area contributed by atoms with E-state index in [0.29, 0.717) is 6.54 Å². The zero-order chi connectivity index (χ0) is 14.5. The van der Waals surface area contributed by atoms with Gasteiger partial charge in [-0.2, -0.15) is 0 Å². The SMILES string of the molecule is CCN(CC(=O)O)CC(=O)N1CCCC1c1cccs1. The summed E-state index contributed by atoms with van der Waals surface area (Å²) >= 11 is 1.68. The lowest BCUT2D eigenvalue weighted by atomic mass is 10.2. The molecular formula is C14H20N2O3S. The second-order valence-electron chi connectivity index (χ2n) is 4.96. The van der Waals surface area contributed by atoms with E-state index < -0.39 is 5.97 Å². The Kier molecular flexibility index (Phi) is 5.14. The molecule has 1 saturated heterocycles. The molecule has 0 saturated carbocycles. The maximum Gasteiger partial charge on any atom is 0.317 e. The summed E-state index contributed by atoms with van der Waals surface area (Å²) in [6.07, 6.45) is 2.01. The molecule has 1 aromatic heterocycles. The van der Waals surface area contributed by atoms with Crippen LogP contribution < -0.4 is 0 Å². The van der Waals surface area contributed by atoms with Crippen molar-refractivity contribution in [2.45, 2.75) is 25.8 Å². The van der Waals surface area contributed by atoms with Gasteiger partial charge in [-0.05, 0) is 30.8 Å². The van der Waals surface area contributed by atoms with E-state index in [-0.39, 0.29) is 25.0 Å². The molecule has 2 heterocycles. The zero-order valence-corrected chi connectivity index (χ0v) is 12.4. The molecule has 0 spiro atoms. The number of nitrogens with zero attached hydrogens (tertiary/aromatic N) is 2. The molecule has 0 radical (unpaired) electrons. The molecular weight excluding hydrogens is 276 g/mol. The van der Waals surface area contributed by atoms with E-state index in [1.165, 1.54) is 4.88 Å². The number of carboxylic acids is 1. The second-order valence-corrected chi connectivity index (χ2v) is 5.94. The van der Waals surface area contributed by atoms with Crippen LogP contribution in [0.3, 0.4) is 0 Å². The highest BCUT2D eigenvalue weighted by Gasteiger charge is 2.31. The summed E-state index contributed by atoms with van der Waals surface area (Å²) in [4.78, 5) is 27.9. The quantitative estimate of drug-likeness (QED) is 0.870. The first-order valence-electron chi connectivity index (χ1n) is 6.88. The smallest absolute Gasteiger partial charge is 0.317 e. The zero-order valence-electron chi connectivity index (χ0n) is 11.6. The molecule has 2 rings (SSSR count). The Labute approximate surface area is 122 Å². The van der Waals surface area contributed by atoms with Crippen LogP contribution in [0.25, 0.3) is 0 Å². The van der Waals surface area contributed by atoms with Crippen LogP contribution in [0.1, 0.15) is 30.7 Å². The van der Waals surface area contributed by atoms with Gasteiger partial charge >= 0.3 is 5.97 Å². The molecule has 1 amide bonds. The average molecular weight is 296 g/mol. The monoisotopic (exact) mass is 296 g/mol. The highest BCUT2D eigenvalue weighted by molar-refractivity contribution is 7.10. The van der Waals surface area contributed by atoms with Crippen molar-refractivity contribution in [3.05, 3.63) is 22.4 Å². The van der Waals surface area contributed by atoms with E-state index in [9.17, 15) is 9.59 Å². The molecule has 1 aliphatic rings. The van der Waals surface area contributed by atoms with Gasteiger partial charge in [-0.1, -0.05) is 13.0 Å². The van der Waals surface area contributed by atoms with Gasteiger partial charge in [0.2, 0.25) is 5.91 Å². The van der Waals surface area contributed by atoms with Crippen LogP contribution in [0.2, 0.25) is 0 Å². The molecule has 1 atom stereocenters. The topological polar surface area (TPSA) is 60.9 Å². The fraction of sp³-hybridized carbons (Fsp3) is 0.571. The summed E-state index contributed by atoms with van der Waals surface area (Å²) in [5, 5.41) is 10.9. The van der Waals surface area contributed by atoms with Crippen LogP contribution in [0.5, 0.6) is 0 Å². The third kappa shape index (κ3) is 3.58. The Morgan fingerprint density at radius 3 is 2.90 bits per heavy atom. The number of carboxylic acid groups (broad SMARTS) is 1. The number of thiophene rings is 1. The Hall–Kier alpha value is -1.40. The van der Waals surface area contributed by atoms with Gasteiger partial charge in [-0.25, -0.2) is 0 Å². The number of amides is 1. The van der Waals surface area contributed by atoms with E-state index >= 15 is 0 Å². The summed E-state index contributed by atoms with van der Waals surface area (Å²) in [6.45, 7) is 3.31. The highest BCUT2D eigenvalue weighted by Crippen LogP contribution is 2.34. The Morgan fingerprint density at radius 2 is 2.30 bits per heavy atom. The number of likely N-dealkylation sites (N-methyl/N-ethyl adjacent to an activating group) is 1. The van der Waals surface area contributed by atoms with Crippen molar-refractivity contribution in [3.8, 4) is 0 Å². The first-order valence-corrected chi connectivity index (χ1v) is 7.76. The summed E-state index contributed by atoms with van der Waals surface area (Å²) in [5.41, 5.74) is 0. The first-order chi connectivity index (χ1) is 9.61. The van der Waals surface area contributed by atoms with Gasteiger partial charge in [0.15, 0.2) is 0 Å².